The first kappa shape index (κ1) is 20.7. The van der Waals surface area contributed by atoms with Crippen molar-refractivity contribution in [3.8, 4) is 0 Å². The summed E-state index contributed by atoms with van der Waals surface area (Å²) in [6, 6.07) is 13.7. The van der Waals surface area contributed by atoms with Crippen LogP contribution in [0.3, 0.4) is 0 Å². The average molecular weight is 397 g/mol. The summed E-state index contributed by atoms with van der Waals surface area (Å²) in [5, 5.41) is 10.9. The summed E-state index contributed by atoms with van der Waals surface area (Å²) in [5.41, 5.74) is 0.556. The van der Waals surface area contributed by atoms with Crippen LogP contribution in [-0.2, 0) is 9.59 Å². The molecule has 0 spiro atoms. The maximum Gasteiger partial charge on any atom is 0.295 e. The van der Waals surface area contributed by atoms with E-state index in [0.29, 0.717) is 18.7 Å². The number of carbonyl (C=O) groups is 2. The van der Waals surface area contributed by atoms with Crippen LogP contribution in [0.1, 0.15) is 31.0 Å². The van der Waals surface area contributed by atoms with Gasteiger partial charge in [0.25, 0.3) is 11.7 Å². The quantitative estimate of drug-likeness (QED) is 0.428. The predicted octanol–water partition coefficient (Wildman–Crippen LogP) is 2.17. The van der Waals surface area contributed by atoms with Gasteiger partial charge < -0.3 is 14.9 Å². The third-order valence-corrected chi connectivity index (χ3v) is 5.49. The van der Waals surface area contributed by atoms with E-state index in [1.807, 2.05) is 0 Å². The zero-order chi connectivity index (χ0) is 21.0. The monoisotopic (exact) mass is 397 g/mol. The summed E-state index contributed by atoms with van der Waals surface area (Å²) in [6.45, 7) is 6.81. The molecule has 0 aromatic heterocycles. The van der Waals surface area contributed by atoms with Crippen molar-refractivity contribution >= 4 is 17.4 Å². The molecule has 0 bridgehead atoms. The summed E-state index contributed by atoms with van der Waals surface area (Å²) in [7, 11) is 0. The van der Waals surface area contributed by atoms with Crippen LogP contribution in [-0.4, -0.2) is 47.9 Å². The summed E-state index contributed by atoms with van der Waals surface area (Å²) in [4.78, 5) is 28.4. The Morgan fingerprint density at radius 2 is 1.66 bits per heavy atom. The first-order valence-electron chi connectivity index (χ1n) is 9.91. The molecule has 1 fully saturated rings. The molecule has 0 radical (unpaired) electrons. The number of likely N-dealkylation sites (tertiary alicyclic amines) is 1. The van der Waals surface area contributed by atoms with Crippen LogP contribution >= 0.6 is 0 Å². The molecule has 29 heavy (non-hydrogen) atoms. The van der Waals surface area contributed by atoms with Crippen LogP contribution < -0.4 is 4.90 Å². The first-order chi connectivity index (χ1) is 14.0. The molecule has 2 N–H and O–H groups in total. The highest BCUT2D eigenvalue weighted by Gasteiger charge is 2.47. The van der Waals surface area contributed by atoms with E-state index in [1.54, 1.807) is 48.5 Å². The van der Waals surface area contributed by atoms with Crippen LogP contribution in [0.25, 0.3) is 5.76 Å². The van der Waals surface area contributed by atoms with Crippen molar-refractivity contribution in [3.63, 3.8) is 0 Å². The molecule has 0 unspecified atom stereocenters. The van der Waals surface area contributed by atoms with Gasteiger partial charge in [0, 0.05) is 11.1 Å². The van der Waals surface area contributed by atoms with Gasteiger partial charge in [-0.2, -0.15) is 0 Å². The predicted molar refractivity (Wildman–Crippen MR) is 109 cm³/mol. The van der Waals surface area contributed by atoms with Crippen molar-refractivity contribution < 1.29 is 24.0 Å². The van der Waals surface area contributed by atoms with Gasteiger partial charge >= 0.3 is 0 Å². The van der Waals surface area contributed by atoms with E-state index in [2.05, 4.69) is 13.8 Å². The molecule has 1 atom stereocenters. The summed E-state index contributed by atoms with van der Waals surface area (Å²) < 4.78 is 14.7. The highest BCUT2D eigenvalue weighted by molar-refractivity contribution is 6.46. The number of quaternary nitrogens is 1. The number of rotatable bonds is 7. The SMILES string of the molecule is CC[NH+](CC)CCN1C(=O)C(=O)C(=C(O)c2ccccc2)[C@@H]1c1ccccc1F. The molecule has 1 aliphatic heterocycles. The van der Waals surface area contributed by atoms with Gasteiger partial charge in [0.15, 0.2) is 0 Å². The molecular weight excluding hydrogens is 371 g/mol. The van der Waals surface area contributed by atoms with Gasteiger partial charge in [0.05, 0.1) is 37.8 Å². The number of hydrogen-bond donors (Lipinski definition) is 2. The van der Waals surface area contributed by atoms with Gasteiger partial charge in [-0.15, -0.1) is 0 Å². The second-order valence-electron chi connectivity index (χ2n) is 7.09. The number of halogens is 1. The van der Waals surface area contributed by atoms with Crippen LogP contribution in [0.4, 0.5) is 4.39 Å². The van der Waals surface area contributed by atoms with Gasteiger partial charge in [-0.25, -0.2) is 4.39 Å². The Bertz CT molecular complexity index is 923. The second-order valence-corrected chi connectivity index (χ2v) is 7.09. The van der Waals surface area contributed by atoms with Crippen LogP contribution in [0, 0.1) is 5.82 Å². The zero-order valence-corrected chi connectivity index (χ0v) is 16.7. The number of ketones is 1. The van der Waals surface area contributed by atoms with Crippen molar-refractivity contribution in [2.24, 2.45) is 0 Å². The lowest BCUT2D eigenvalue weighted by Crippen LogP contribution is -3.12. The van der Waals surface area contributed by atoms with Gasteiger partial charge in [0.2, 0.25) is 0 Å². The Hall–Kier alpha value is -2.99. The smallest absolute Gasteiger partial charge is 0.295 e. The fourth-order valence-electron chi connectivity index (χ4n) is 3.76. The number of benzene rings is 2. The van der Waals surface area contributed by atoms with E-state index >= 15 is 0 Å². The maximum absolute atomic E-state index is 14.7. The Labute approximate surface area is 170 Å². The fourth-order valence-corrected chi connectivity index (χ4v) is 3.76. The molecule has 3 rings (SSSR count). The van der Waals surface area contributed by atoms with E-state index in [9.17, 15) is 19.1 Å². The fraction of sp³-hybridized carbons (Fsp3) is 0.304. The van der Waals surface area contributed by atoms with Gasteiger partial charge in [-0.1, -0.05) is 48.5 Å². The first-order valence-corrected chi connectivity index (χ1v) is 9.91. The number of nitrogens with one attached hydrogen (secondary N) is 1. The molecule has 1 aliphatic rings. The van der Waals surface area contributed by atoms with Crippen LogP contribution in [0.5, 0.6) is 0 Å². The number of aliphatic hydroxyl groups is 1. The van der Waals surface area contributed by atoms with E-state index < -0.39 is 23.5 Å². The van der Waals surface area contributed by atoms with Crippen molar-refractivity contribution in [3.05, 3.63) is 77.1 Å². The topological polar surface area (TPSA) is 62.0 Å². The third-order valence-electron chi connectivity index (χ3n) is 5.49. The number of Topliss-reactive ketones (excluding diaryl/α,β-unsaturated/α-hetero) is 1. The molecular formula is C23H26FN2O3+. The van der Waals surface area contributed by atoms with Crippen molar-refractivity contribution in [1.82, 2.24) is 4.90 Å². The number of amides is 1. The van der Waals surface area contributed by atoms with Gasteiger partial charge in [-0.3, -0.25) is 9.59 Å². The number of carbonyl (C=O) groups excluding carboxylic acids is 2. The molecule has 1 amide bonds. The van der Waals surface area contributed by atoms with E-state index in [4.69, 9.17) is 0 Å². The largest absolute Gasteiger partial charge is 0.507 e. The summed E-state index contributed by atoms with van der Waals surface area (Å²) in [6.07, 6.45) is 0. The second kappa shape index (κ2) is 9.01. The normalized spacial score (nSPS) is 18.6. The summed E-state index contributed by atoms with van der Waals surface area (Å²) >= 11 is 0. The molecule has 0 aliphatic carbocycles. The molecule has 2 aromatic carbocycles. The number of aliphatic hydroxyl groups excluding tert-OH is 1. The molecule has 2 aromatic rings. The standard InChI is InChI=1S/C23H25FN2O3/c1-3-25(4-2)14-15-26-20(17-12-8-9-13-18(17)24)19(22(28)23(26)29)21(27)16-10-6-5-7-11-16/h5-13,20,27H,3-4,14-15H2,1-2H3/p+1/t20-/m0/s1. The summed E-state index contributed by atoms with van der Waals surface area (Å²) in [5.74, 6) is -2.29. The van der Waals surface area contributed by atoms with Crippen LogP contribution in [0.2, 0.25) is 0 Å². The van der Waals surface area contributed by atoms with E-state index in [-0.39, 0.29) is 16.9 Å². The van der Waals surface area contributed by atoms with Gasteiger partial charge in [-0.05, 0) is 19.9 Å². The molecule has 6 heteroatoms. The Morgan fingerprint density at radius 1 is 1.03 bits per heavy atom. The molecule has 5 nitrogen and oxygen atoms in total. The van der Waals surface area contributed by atoms with E-state index in [0.717, 1.165) is 13.1 Å². The van der Waals surface area contributed by atoms with E-state index in [1.165, 1.54) is 15.9 Å². The molecule has 0 saturated carbocycles. The number of likely N-dealkylation sites (N-methyl/N-ethyl adjacent to an activating group) is 1. The lowest BCUT2D eigenvalue weighted by atomic mass is 9.95. The molecule has 1 saturated heterocycles. The minimum atomic E-state index is -0.952. The lowest BCUT2D eigenvalue weighted by Gasteiger charge is -2.27. The lowest BCUT2D eigenvalue weighted by molar-refractivity contribution is -0.895. The van der Waals surface area contributed by atoms with Crippen molar-refractivity contribution in [2.45, 2.75) is 19.9 Å². The zero-order valence-electron chi connectivity index (χ0n) is 16.7. The highest BCUT2D eigenvalue weighted by Crippen LogP contribution is 2.39. The molecule has 152 valence electrons. The van der Waals surface area contributed by atoms with Crippen molar-refractivity contribution in [2.75, 3.05) is 26.2 Å². The third kappa shape index (κ3) is 4.07. The highest BCUT2D eigenvalue weighted by atomic mass is 19.1. The van der Waals surface area contributed by atoms with Crippen molar-refractivity contribution in [1.29, 1.82) is 0 Å². The Balaban J connectivity index is 2.11. The average Bonchev–Trinajstić information content (AvgIpc) is 2.99. The minimum Gasteiger partial charge on any atom is -0.507 e. The number of nitrogens with zero attached hydrogens (tertiary/aromatic N) is 1. The van der Waals surface area contributed by atoms with Crippen LogP contribution in [0.15, 0.2) is 60.2 Å². The Kier molecular flexibility index (Phi) is 6.44. The Morgan fingerprint density at radius 3 is 2.28 bits per heavy atom. The molecule has 1 heterocycles. The minimum absolute atomic E-state index is 0.0687. The number of hydrogen-bond acceptors (Lipinski definition) is 3. The van der Waals surface area contributed by atoms with Gasteiger partial charge in [0.1, 0.15) is 11.6 Å². The maximum atomic E-state index is 14.7.